The molecule has 0 saturated carbocycles. The molecule has 0 aliphatic rings. The first kappa shape index (κ1) is 16.3. The molecule has 0 rings (SSSR count). The first-order chi connectivity index (χ1) is 7.27. The third kappa shape index (κ3) is 10.8. The lowest BCUT2D eigenvalue weighted by atomic mass is 10.5. The van der Waals surface area contributed by atoms with Gasteiger partial charge in [0, 0.05) is 19.8 Å². The Balaban J connectivity index is 3.58. The largest absolute Gasteiger partial charge is 0.456 e. The lowest BCUT2D eigenvalue weighted by Gasteiger charge is -2.31. The molecule has 0 atom stereocenters. The van der Waals surface area contributed by atoms with E-state index >= 15 is 0 Å². The summed E-state index contributed by atoms with van der Waals surface area (Å²) in [7, 11) is -2.86. The van der Waals surface area contributed by atoms with Gasteiger partial charge in [0.1, 0.15) is 0 Å². The van der Waals surface area contributed by atoms with Gasteiger partial charge < -0.3 is 14.0 Å². The maximum absolute atomic E-state index is 8.59. The van der Waals surface area contributed by atoms with Crippen molar-refractivity contribution in [2.75, 3.05) is 19.8 Å². The molecule has 0 saturated heterocycles. The fraction of sp³-hybridized carbons (Fsp3) is 1.00. The SMILES string of the molecule is C[Si](C)(C)O[Si](C)(C)CCCOCCCO. The van der Waals surface area contributed by atoms with Gasteiger partial charge in [-0.15, -0.1) is 0 Å². The standard InChI is InChI=1S/C11H28O3Si2/c1-15(2,3)14-16(4,5)11-7-10-13-9-6-8-12/h12H,6-11H2,1-5H3. The van der Waals surface area contributed by atoms with Crippen LogP contribution >= 0.6 is 0 Å². The summed E-state index contributed by atoms with van der Waals surface area (Å²) >= 11 is 0. The molecule has 16 heavy (non-hydrogen) atoms. The number of aliphatic hydroxyl groups excluding tert-OH is 1. The Kier molecular flexibility index (Phi) is 7.75. The molecule has 98 valence electrons. The van der Waals surface area contributed by atoms with E-state index in [0.29, 0.717) is 6.61 Å². The number of hydrogen-bond acceptors (Lipinski definition) is 3. The van der Waals surface area contributed by atoms with E-state index in [1.54, 1.807) is 0 Å². The first-order valence-corrected chi connectivity index (χ1v) is 12.7. The van der Waals surface area contributed by atoms with E-state index in [-0.39, 0.29) is 6.61 Å². The monoisotopic (exact) mass is 264 g/mol. The lowest BCUT2D eigenvalue weighted by molar-refractivity contribution is 0.116. The normalized spacial score (nSPS) is 13.1. The second-order valence-electron chi connectivity index (χ2n) is 5.77. The highest BCUT2D eigenvalue weighted by molar-refractivity contribution is 6.84. The van der Waals surface area contributed by atoms with Gasteiger partial charge in [-0.05, 0) is 51.6 Å². The maximum Gasteiger partial charge on any atom is 0.173 e. The second-order valence-corrected chi connectivity index (χ2v) is 14.8. The average molecular weight is 265 g/mol. The van der Waals surface area contributed by atoms with Crippen LogP contribution in [0.1, 0.15) is 12.8 Å². The second kappa shape index (κ2) is 7.60. The van der Waals surface area contributed by atoms with E-state index < -0.39 is 16.6 Å². The summed E-state index contributed by atoms with van der Waals surface area (Å²) in [5.41, 5.74) is 0. The molecule has 1 N–H and O–H groups in total. The molecular weight excluding hydrogens is 236 g/mol. The van der Waals surface area contributed by atoms with Gasteiger partial charge in [0.05, 0.1) is 0 Å². The topological polar surface area (TPSA) is 38.7 Å². The van der Waals surface area contributed by atoms with Crippen LogP contribution in [0.4, 0.5) is 0 Å². The number of hydrogen-bond donors (Lipinski definition) is 1. The lowest BCUT2D eigenvalue weighted by Crippen LogP contribution is -2.42. The Hall–Kier alpha value is 0.314. The number of ether oxygens (including phenoxy) is 1. The van der Waals surface area contributed by atoms with Crippen molar-refractivity contribution < 1.29 is 14.0 Å². The molecule has 0 unspecified atom stereocenters. The zero-order valence-corrected chi connectivity index (χ0v) is 13.5. The summed E-state index contributed by atoms with van der Waals surface area (Å²) < 4.78 is 11.7. The Morgan fingerprint density at radius 1 is 0.938 bits per heavy atom. The van der Waals surface area contributed by atoms with Gasteiger partial charge in [-0.3, -0.25) is 0 Å². The molecule has 5 heteroatoms. The van der Waals surface area contributed by atoms with Crippen LogP contribution < -0.4 is 0 Å². The summed E-state index contributed by atoms with van der Waals surface area (Å²) in [6, 6.07) is 1.16. The smallest absolute Gasteiger partial charge is 0.173 e. The van der Waals surface area contributed by atoms with Crippen molar-refractivity contribution in [3.63, 3.8) is 0 Å². The van der Waals surface area contributed by atoms with Gasteiger partial charge in [-0.1, -0.05) is 0 Å². The zero-order chi connectivity index (χ0) is 12.7. The van der Waals surface area contributed by atoms with Gasteiger partial charge in [0.25, 0.3) is 0 Å². The predicted molar refractivity (Wildman–Crippen MR) is 73.9 cm³/mol. The van der Waals surface area contributed by atoms with E-state index in [4.69, 9.17) is 14.0 Å². The van der Waals surface area contributed by atoms with Crippen LogP contribution in [0, 0.1) is 0 Å². The van der Waals surface area contributed by atoms with Gasteiger partial charge in [0.2, 0.25) is 0 Å². The van der Waals surface area contributed by atoms with E-state index in [2.05, 4.69) is 32.7 Å². The van der Waals surface area contributed by atoms with Crippen molar-refractivity contribution in [3.8, 4) is 0 Å². The van der Waals surface area contributed by atoms with Crippen LogP contribution in [0.2, 0.25) is 38.8 Å². The van der Waals surface area contributed by atoms with Crippen LogP contribution in [0.3, 0.4) is 0 Å². The van der Waals surface area contributed by atoms with Crippen LogP contribution in [0.15, 0.2) is 0 Å². The van der Waals surface area contributed by atoms with Crippen molar-refractivity contribution in [3.05, 3.63) is 0 Å². The summed E-state index contributed by atoms with van der Waals surface area (Å²) in [5.74, 6) is 0. The molecule has 0 aromatic heterocycles. The molecule has 0 spiro atoms. The minimum absolute atomic E-state index is 0.221. The van der Waals surface area contributed by atoms with Crippen LogP contribution in [0.5, 0.6) is 0 Å². The van der Waals surface area contributed by atoms with Gasteiger partial charge in [-0.25, -0.2) is 0 Å². The molecule has 0 aromatic carbocycles. The van der Waals surface area contributed by atoms with Crippen molar-refractivity contribution in [2.24, 2.45) is 0 Å². The van der Waals surface area contributed by atoms with E-state index in [1.807, 2.05) is 0 Å². The molecule has 0 radical (unpaired) electrons. The Morgan fingerprint density at radius 3 is 2.00 bits per heavy atom. The third-order valence-electron chi connectivity index (χ3n) is 2.10. The first-order valence-electron chi connectivity index (χ1n) is 6.16. The molecule has 0 amide bonds. The Labute approximate surface area is 102 Å². The van der Waals surface area contributed by atoms with Crippen molar-refractivity contribution >= 4 is 16.6 Å². The van der Waals surface area contributed by atoms with Crippen molar-refractivity contribution in [1.82, 2.24) is 0 Å². The fourth-order valence-electron chi connectivity index (χ4n) is 1.75. The van der Waals surface area contributed by atoms with Crippen LogP contribution in [-0.4, -0.2) is 41.6 Å². The molecule has 0 bridgehead atoms. The van der Waals surface area contributed by atoms with Gasteiger partial charge in [0.15, 0.2) is 16.6 Å². The third-order valence-corrected chi connectivity index (χ3v) is 8.31. The zero-order valence-electron chi connectivity index (χ0n) is 11.5. The minimum atomic E-state index is -1.47. The fourth-order valence-corrected chi connectivity index (χ4v) is 9.78. The average Bonchev–Trinajstić information content (AvgIpc) is 2.06. The molecule has 0 aliphatic carbocycles. The molecule has 0 aromatic rings. The van der Waals surface area contributed by atoms with Gasteiger partial charge >= 0.3 is 0 Å². The highest BCUT2D eigenvalue weighted by atomic mass is 28.4. The maximum atomic E-state index is 8.59. The molecule has 0 fully saturated rings. The summed E-state index contributed by atoms with van der Waals surface area (Å²) in [6.45, 7) is 13.0. The highest BCUT2D eigenvalue weighted by Gasteiger charge is 2.28. The molecule has 0 heterocycles. The highest BCUT2D eigenvalue weighted by Crippen LogP contribution is 2.19. The summed E-state index contributed by atoms with van der Waals surface area (Å²) in [6.07, 6.45) is 1.82. The van der Waals surface area contributed by atoms with E-state index in [0.717, 1.165) is 25.5 Å². The van der Waals surface area contributed by atoms with Crippen molar-refractivity contribution in [1.29, 1.82) is 0 Å². The summed E-state index contributed by atoms with van der Waals surface area (Å²) in [4.78, 5) is 0. The van der Waals surface area contributed by atoms with E-state index in [9.17, 15) is 0 Å². The molecule has 0 aliphatic heterocycles. The predicted octanol–water partition coefficient (Wildman–Crippen LogP) is 2.83. The summed E-state index contributed by atoms with van der Waals surface area (Å²) in [5, 5.41) is 8.59. The quantitative estimate of drug-likeness (QED) is 0.514. The van der Waals surface area contributed by atoms with Gasteiger partial charge in [-0.2, -0.15) is 0 Å². The minimum Gasteiger partial charge on any atom is -0.456 e. The number of aliphatic hydroxyl groups is 1. The Morgan fingerprint density at radius 2 is 1.50 bits per heavy atom. The molecular formula is C11H28O3Si2. The Bertz CT molecular complexity index is 179. The van der Waals surface area contributed by atoms with Crippen LogP contribution in [0.25, 0.3) is 0 Å². The van der Waals surface area contributed by atoms with E-state index in [1.165, 1.54) is 0 Å². The number of rotatable bonds is 9. The van der Waals surface area contributed by atoms with Crippen molar-refractivity contribution in [2.45, 2.75) is 51.6 Å². The van der Waals surface area contributed by atoms with Crippen LogP contribution in [-0.2, 0) is 8.85 Å². The molecule has 3 nitrogen and oxygen atoms in total.